The molecule has 0 aromatic rings. The second kappa shape index (κ2) is 19.2. The third kappa shape index (κ3) is 20.9. The van der Waals surface area contributed by atoms with E-state index in [4.69, 9.17) is 0 Å². The lowest BCUT2D eigenvalue weighted by Gasteiger charge is -2.30. The van der Waals surface area contributed by atoms with Crippen molar-refractivity contribution >= 4 is 15.9 Å². The second-order valence-corrected chi connectivity index (χ2v) is 8.46. The second-order valence-electron chi connectivity index (χ2n) is 7.67. The Hall–Kier alpha value is 0.920. The number of nitrogens with zero attached hydrogens (tertiary/aromatic N) is 1. The molecule has 0 N–H and O–H groups in total. The lowest BCUT2D eigenvalue weighted by Crippen LogP contribution is -3.00. The van der Waals surface area contributed by atoms with Crippen molar-refractivity contribution in [1.29, 1.82) is 0 Å². The van der Waals surface area contributed by atoms with Gasteiger partial charge in [-0.05, 0) is 32.1 Å². The summed E-state index contributed by atoms with van der Waals surface area (Å²) in [5.74, 6) is 0. The van der Waals surface area contributed by atoms with E-state index in [2.05, 4.69) is 36.9 Å². The maximum atomic E-state index is 3.50. The van der Waals surface area contributed by atoms with E-state index in [0.29, 0.717) is 0 Å². The maximum absolute atomic E-state index is 3.50. The van der Waals surface area contributed by atoms with E-state index in [-0.39, 0.29) is 17.0 Å². The van der Waals surface area contributed by atoms with Crippen LogP contribution in [0.4, 0.5) is 0 Å². The fraction of sp³-hybridized carbons (Fsp3) is 1.00. The van der Waals surface area contributed by atoms with Crippen LogP contribution in [-0.2, 0) is 0 Å². The Bertz CT molecular complexity index is 220. The van der Waals surface area contributed by atoms with Gasteiger partial charge in [0.2, 0.25) is 0 Å². The smallest absolute Gasteiger partial charge is 0.0782 e. The molecule has 0 aromatic heterocycles. The van der Waals surface area contributed by atoms with Gasteiger partial charge < -0.3 is 21.5 Å². The van der Waals surface area contributed by atoms with Gasteiger partial charge in [0.1, 0.15) is 0 Å². The van der Waals surface area contributed by atoms with Crippen LogP contribution in [0.5, 0.6) is 0 Å². The van der Waals surface area contributed by atoms with Crippen LogP contribution in [0.15, 0.2) is 0 Å². The van der Waals surface area contributed by atoms with E-state index in [1.54, 1.807) is 0 Å². The molecule has 0 aliphatic carbocycles. The molecule has 0 saturated carbocycles. The third-order valence-electron chi connectivity index (χ3n) is 4.76. The van der Waals surface area contributed by atoms with Crippen molar-refractivity contribution in [3.05, 3.63) is 0 Å². The summed E-state index contributed by atoms with van der Waals surface area (Å²) in [6.45, 7) is 5.04. The van der Waals surface area contributed by atoms with E-state index in [1.807, 2.05) is 0 Å². The largest absolute Gasteiger partial charge is 1.00 e. The predicted molar refractivity (Wildman–Crippen MR) is 106 cm³/mol. The molecule has 0 spiro atoms. The van der Waals surface area contributed by atoms with E-state index in [9.17, 15) is 0 Å². The Labute approximate surface area is 166 Å². The van der Waals surface area contributed by atoms with Gasteiger partial charge >= 0.3 is 0 Å². The van der Waals surface area contributed by atoms with Gasteiger partial charge in [0, 0.05) is 5.33 Å². The van der Waals surface area contributed by atoms with Gasteiger partial charge in [-0.25, -0.2) is 0 Å². The number of hydrogen-bond acceptors (Lipinski definition) is 0. The number of unbranched alkanes of at least 4 members (excludes halogenated alkanes) is 12. The lowest BCUT2D eigenvalue weighted by atomic mass is 10.1. The van der Waals surface area contributed by atoms with Crippen molar-refractivity contribution in [3.63, 3.8) is 0 Å². The van der Waals surface area contributed by atoms with E-state index < -0.39 is 0 Å². The summed E-state index contributed by atoms with van der Waals surface area (Å²) in [5, 5.41) is 1.18. The Morgan fingerprint density at radius 1 is 0.565 bits per heavy atom. The molecular weight excluding hydrogens is 414 g/mol. The third-order valence-corrected chi connectivity index (χ3v) is 5.32. The van der Waals surface area contributed by atoms with Crippen molar-refractivity contribution in [3.8, 4) is 0 Å². The van der Waals surface area contributed by atoms with Crippen LogP contribution in [0, 0.1) is 0 Å². The molecule has 0 fully saturated rings. The van der Waals surface area contributed by atoms with E-state index >= 15 is 0 Å². The minimum Gasteiger partial charge on any atom is -1.00 e. The molecule has 0 heterocycles. The van der Waals surface area contributed by atoms with Crippen LogP contribution in [0.3, 0.4) is 0 Å². The summed E-state index contributed by atoms with van der Waals surface area (Å²) in [7, 11) is 4.85. The van der Waals surface area contributed by atoms with Crippen molar-refractivity contribution in [1.82, 2.24) is 0 Å². The molecule has 0 saturated heterocycles. The first-order chi connectivity index (χ1) is 10.6. The summed E-state index contributed by atoms with van der Waals surface area (Å²) in [4.78, 5) is 0. The number of rotatable bonds is 17. The minimum absolute atomic E-state index is 0. The quantitative estimate of drug-likeness (QED) is 0.176. The van der Waals surface area contributed by atoms with Gasteiger partial charge in [0.05, 0.1) is 27.2 Å². The molecule has 23 heavy (non-hydrogen) atoms. The Kier molecular flexibility index (Phi) is 21.9. The Balaban J connectivity index is 0. The molecule has 0 aliphatic rings. The van der Waals surface area contributed by atoms with Crippen molar-refractivity contribution in [2.45, 2.75) is 96.8 Å². The minimum atomic E-state index is 0. The molecule has 0 aromatic carbocycles. The van der Waals surface area contributed by atoms with Gasteiger partial charge in [-0.15, -0.1) is 0 Å². The lowest BCUT2D eigenvalue weighted by molar-refractivity contribution is -0.890. The zero-order valence-corrected chi connectivity index (χ0v) is 19.4. The zero-order valence-electron chi connectivity index (χ0n) is 16.2. The Morgan fingerprint density at radius 2 is 0.913 bits per heavy atom. The van der Waals surface area contributed by atoms with Crippen LogP contribution >= 0.6 is 15.9 Å². The average molecular weight is 457 g/mol. The molecule has 0 atom stereocenters. The van der Waals surface area contributed by atoms with Crippen molar-refractivity contribution in [2.24, 2.45) is 0 Å². The van der Waals surface area contributed by atoms with Crippen LogP contribution < -0.4 is 17.0 Å². The first-order valence-electron chi connectivity index (χ1n) is 10.0. The number of hydrogen-bond donors (Lipinski definition) is 0. The summed E-state index contributed by atoms with van der Waals surface area (Å²) in [6, 6.07) is 0. The molecule has 0 amide bonds. The standard InChI is InChI=1S/C20H43BrN.BrH/c1-4-5-6-7-13-16-19-22(2,3)20-17-14-11-9-8-10-12-15-18-21;/h4-20H2,1-3H3;1H/q+1;/p-1. The highest BCUT2D eigenvalue weighted by atomic mass is 79.9. The summed E-state index contributed by atoms with van der Waals surface area (Å²) >= 11 is 3.50. The fourth-order valence-electron chi connectivity index (χ4n) is 3.13. The molecule has 142 valence electrons. The number of alkyl halides is 1. The molecular formula is C20H43Br2N. The monoisotopic (exact) mass is 455 g/mol. The summed E-state index contributed by atoms with van der Waals surface area (Å²) in [6.07, 6.45) is 19.9. The fourth-order valence-corrected chi connectivity index (χ4v) is 3.52. The molecule has 0 rings (SSSR count). The molecule has 1 nitrogen and oxygen atoms in total. The highest BCUT2D eigenvalue weighted by Gasteiger charge is 2.13. The highest BCUT2D eigenvalue weighted by molar-refractivity contribution is 9.09. The Morgan fingerprint density at radius 3 is 1.30 bits per heavy atom. The van der Waals surface area contributed by atoms with Gasteiger partial charge in [0.15, 0.2) is 0 Å². The SMILES string of the molecule is CCCCCCCC[N+](C)(C)CCCCCCCCCCBr.[Br-]. The first kappa shape index (κ1) is 26.2. The number of halogens is 2. The van der Waals surface area contributed by atoms with Crippen LogP contribution in [0.25, 0.3) is 0 Å². The zero-order chi connectivity index (χ0) is 16.5. The molecule has 0 aliphatic heterocycles. The van der Waals surface area contributed by atoms with E-state index in [0.717, 1.165) is 0 Å². The molecule has 3 heteroatoms. The highest BCUT2D eigenvalue weighted by Crippen LogP contribution is 2.12. The molecule has 0 unspecified atom stereocenters. The van der Waals surface area contributed by atoms with Crippen LogP contribution in [0.2, 0.25) is 0 Å². The van der Waals surface area contributed by atoms with Gasteiger partial charge in [-0.3, -0.25) is 0 Å². The summed E-state index contributed by atoms with van der Waals surface area (Å²) in [5.41, 5.74) is 0. The van der Waals surface area contributed by atoms with Crippen molar-refractivity contribution < 1.29 is 21.5 Å². The van der Waals surface area contributed by atoms with Gasteiger partial charge in [-0.2, -0.15) is 0 Å². The van der Waals surface area contributed by atoms with Gasteiger partial charge in [0.25, 0.3) is 0 Å². The van der Waals surface area contributed by atoms with Gasteiger partial charge in [-0.1, -0.05) is 80.6 Å². The summed E-state index contributed by atoms with van der Waals surface area (Å²) < 4.78 is 1.24. The molecule has 0 radical (unpaired) electrons. The number of quaternary nitrogens is 1. The van der Waals surface area contributed by atoms with Crippen LogP contribution in [-0.4, -0.2) is 37.0 Å². The normalized spacial score (nSPS) is 11.5. The van der Waals surface area contributed by atoms with Crippen LogP contribution in [0.1, 0.15) is 96.8 Å². The topological polar surface area (TPSA) is 0 Å². The molecule has 0 bridgehead atoms. The maximum Gasteiger partial charge on any atom is 0.0782 e. The first-order valence-corrected chi connectivity index (χ1v) is 11.1. The average Bonchev–Trinajstić information content (AvgIpc) is 2.49. The van der Waals surface area contributed by atoms with Crippen molar-refractivity contribution in [2.75, 3.05) is 32.5 Å². The predicted octanol–water partition coefficient (Wildman–Crippen LogP) is 3.94. The van der Waals surface area contributed by atoms with E-state index in [1.165, 1.54) is 113 Å².